The molecule has 0 spiro atoms. The minimum atomic E-state index is -4.67. The smallest absolute Gasteiger partial charge is 0.728 e. The Morgan fingerprint density at radius 1 is 1.36 bits per heavy atom. The van der Waals surface area contributed by atoms with Crippen LogP contribution in [-0.4, -0.2) is 13.0 Å². The summed E-state index contributed by atoms with van der Waals surface area (Å²) in [5.41, 5.74) is 0.215. The maximum Gasteiger partial charge on any atom is 1.00 e. The second-order valence-corrected chi connectivity index (χ2v) is 3.54. The van der Waals surface area contributed by atoms with Gasteiger partial charge in [0.2, 0.25) is 10.3 Å². The summed E-state index contributed by atoms with van der Waals surface area (Å²) in [6.07, 6.45) is 0. The van der Waals surface area contributed by atoms with Gasteiger partial charge in [-0.05, 0) is 18.2 Å². The van der Waals surface area contributed by atoms with Crippen LogP contribution in [0.2, 0.25) is 5.02 Å². The molecule has 0 aliphatic heterocycles. The van der Waals surface area contributed by atoms with Crippen molar-refractivity contribution >= 4 is 27.6 Å². The van der Waals surface area contributed by atoms with Crippen LogP contribution in [0.15, 0.2) is 33.9 Å². The normalized spacial score (nSPS) is 11.3. The van der Waals surface area contributed by atoms with Gasteiger partial charge in [-0.3, -0.25) is 0 Å². The minimum absolute atomic E-state index is 0. The first-order chi connectivity index (χ1) is 5.97. The quantitative estimate of drug-likeness (QED) is 0.375. The third-order valence-electron chi connectivity index (χ3n) is 1.06. The third-order valence-corrected chi connectivity index (χ3v) is 1.58. The van der Waals surface area contributed by atoms with Gasteiger partial charge in [0, 0.05) is 5.02 Å². The summed E-state index contributed by atoms with van der Waals surface area (Å²) >= 11 is 5.57. The van der Waals surface area contributed by atoms with Gasteiger partial charge >= 0.3 is 29.6 Å². The number of halogens is 1. The van der Waals surface area contributed by atoms with E-state index in [-0.39, 0.29) is 35.2 Å². The molecule has 0 amide bonds. The summed E-state index contributed by atoms with van der Waals surface area (Å²) in [7, 11) is -4.67. The van der Waals surface area contributed by atoms with Crippen LogP contribution in [0.4, 0.5) is 5.69 Å². The fourth-order valence-corrected chi connectivity index (χ4v) is 1.01. The topological polar surface area (TPSA) is 81.9 Å². The van der Waals surface area contributed by atoms with E-state index in [1.165, 1.54) is 12.1 Å². The van der Waals surface area contributed by atoms with E-state index < -0.39 is 10.3 Å². The molecule has 0 saturated heterocycles. The van der Waals surface area contributed by atoms with E-state index >= 15 is 0 Å². The molecule has 0 heterocycles. The first-order valence-electron chi connectivity index (χ1n) is 3.12. The second-order valence-electron chi connectivity index (χ2n) is 2.09. The monoisotopic (exact) mass is 242 g/mol. The standard InChI is InChI=1S/C6H5ClN2O3S.Na/c7-5-2-1-3-6(4-5)8-9-13(10,11)12;/h1-4H,(H,10,11,12);/q;+1/p-1. The number of benzene rings is 1. The zero-order valence-electron chi connectivity index (χ0n) is 7.21. The molecular weight excluding hydrogens is 239 g/mol. The van der Waals surface area contributed by atoms with E-state index in [4.69, 9.17) is 11.6 Å². The molecule has 0 aromatic heterocycles. The molecule has 5 nitrogen and oxygen atoms in total. The Bertz CT molecular complexity index is 434. The molecule has 0 fully saturated rings. The van der Waals surface area contributed by atoms with E-state index in [9.17, 15) is 13.0 Å². The van der Waals surface area contributed by atoms with Crippen molar-refractivity contribution in [3.8, 4) is 0 Å². The summed E-state index contributed by atoms with van der Waals surface area (Å²) in [5.74, 6) is 0. The maximum absolute atomic E-state index is 10.0. The minimum Gasteiger partial charge on any atom is -0.728 e. The Kier molecular flexibility index (Phi) is 5.80. The van der Waals surface area contributed by atoms with Crippen molar-refractivity contribution in [1.82, 2.24) is 0 Å². The van der Waals surface area contributed by atoms with Crippen LogP contribution in [0, 0.1) is 0 Å². The molecule has 0 atom stereocenters. The van der Waals surface area contributed by atoms with Crippen molar-refractivity contribution in [3.05, 3.63) is 29.3 Å². The van der Waals surface area contributed by atoms with Crippen molar-refractivity contribution in [2.24, 2.45) is 9.63 Å². The maximum atomic E-state index is 10.0. The summed E-state index contributed by atoms with van der Waals surface area (Å²) in [5, 5.41) is 3.57. The first-order valence-corrected chi connectivity index (χ1v) is 4.86. The number of rotatable bonds is 2. The van der Waals surface area contributed by atoms with Crippen LogP contribution in [0.25, 0.3) is 0 Å². The van der Waals surface area contributed by atoms with Crippen molar-refractivity contribution in [3.63, 3.8) is 0 Å². The van der Waals surface area contributed by atoms with Crippen molar-refractivity contribution in [1.29, 1.82) is 0 Å². The SMILES string of the molecule is O=S(=O)([O-])N=Nc1cccc(Cl)c1.[Na+]. The van der Waals surface area contributed by atoms with Crippen molar-refractivity contribution < 1.29 is 42.5 Å². The molecule has 0 N–H and O–H groups in total. The summed E-state index contributed by atoms with van der Waals surface area (Å²) in [6, 6.07) is 6.01. The van der Waals surface area contributed by atoms with Crippen molar-refractivity contribution in [2.75, 3.05) is 0 Å². The van der Waals surface area contributed by atoms with Gasteiger partial charge in [-0.25, -0.2) is 8.42 Å². The third kappa shape index (κ3) is 5.69. The first kappa shape index (κ1) is 14.0. The van der Waals surface area contributed by atoms with Crippen LogP contribution < -0.4 is 29.6 Å². The molecular formula is C6H4ClN2NaO3S. The molecule has 1 aromatic rings. The van der Waals surface area contributed by atoms with Crippen LogP contribution >= 0.6 is 11.6 Å². The molecule has 70 valence electrons. The molecule has 0 aliphatic rings. The number of hydrogen-bond donors (Lipinski definition) is 0. The Labute approximate surface area is 108 Å². The number of nitrogens with zero attached hydrogens (tertiary/aromatic N) is 2. The zero-order chi connectivity index (χ0) is 9.90. The summed E-state index contributed by atoms with van der Waals surface area (Å²) in [6.45, 7) is 0. The van der Waals surface area contributed by atoms with Gasteiger partial charge in [0.15, 0.2) is 0 Å². The average molecular weight is 243 g/mol. The number of hydrogen-bond acceptors (Lipinski definition) is 4. The molecule has 0 radical (unpaired) electrons. The van der Waals surface area contributed by atoms with Gasteiger partial charge in [-0.2, -0.15) is 0 Å². The Morgan fingerprint density at radius 2 is 2.00 bits per heavy atom. The predicted molar refractivity (Wildman–Crippen MR) is 45.7 cm³/mol. The van der Waals surface area contributed by atoms with E-state index in [1.54, 1.807) is 12.1 Å². The van der Waals surface area contributed by atoms with E-state index in [2.05, 4.69) is 9.63 Å². The Morgan fingerprint density at radius 3 is 2.50 bits per heavy atom. The van der Waals surface area contributed by atoms with Gasteiger partial charge in [-0.1, -0.05) is 22.2 Å². The van der Waals surface area contributed by atoms with Gasteiger partial charge < -0.3 is 4.55 Å². The molecule has 0 aliphatic carbocycles. The predicted octanol–water partition coefficient (Wildman–Crippen LogP) is -1.11. The largest absolute Gasteiger partial charge is 1.00 e. The molecule has 14 heavy (non-hydrogen) atoms. The van der Waals surface area contributed by atoms with Crippen LogP contribution in [0.5, 0.6) is 0 Å². The molecule has 1 rings (SSSR count). The Hall–Kier alpha value is 0.0200. The average Bonchev–Trinajstić information content (AvgIpc) is 2.00. The molecule has 0 saturated carbocycles. The van der Waals surface area contributed by atoms with Crippen molar-refractivity contribution in [2.45, 2.75) is 0 Å². The van der Waals surface area contributed by atoms with E-state index in [1.807, 2.05) is 0 Å². The fourth-order valence-electron chi connectivity index (χ4n) is 0.635. The molecule has 8 heteroatoms. The summed E-state index contributed by atoms with van der Waals surface area (Å²) < 4.78 is 32.7. The van der Waals surface area contributed by atoms with Gasteiger partial charge in [0.1, 0.15) is 0 Å². The van der Waals surface area contributed by atoms with Gasteiger partial charge in [-0.15, -0.1) is 5.11 Å². The van der Waals surface area contributed by atoms with Gasteiger partial charge in [0.25, 0.3) is 0 Å². The molecule has 0 unspecified atom stereocenters. The second kappa shape index (κ2) is 5.79. The zero-order valence-corrected chi connectivity index (χ0v) is 10.8. The van der Waals surface area contributed by atoms with Crippen LogP contribution in [-0.2, 0) is 10.3 Å². The van der Waals surface area contributed by atoms with Gasteiger partial charge in [0.05, 0.1) is 5.69 Å². The Balaban J connectivity index is 0.00000169. The molecule has 0 bridgehead atoms. The summed E-state index contributed by atoms with van der Waals surface area (Å²) in [4.78, 5) is 0. The van der Waals surface area contributed by atoms with Crippen LogP contribution in [0.3, 0.4) is 0 Å². The van der Waals surface area contributed by atoms with E-state index in [0.717, 1.165) is 0 Å². The fraction of sp³-hybridized carbons (Fsp3) is 0. The van der Waals surface area contributed by atoms with E-state index in [0.29, 0.717) is 5.02 Å². The molecule has 1 aromatic carbocycles. The van der Waals surface area contributed by atoms with Crippen LogP contribution in [0.1, 0.15) is 0 Å².